The molecule has 0 bridgehead atoms. The Morgan fingerprint density at radius 2 is 2.07 bits per heavy atom. The van der Waals surface area contributed by atoms with E-state index in [1.807, 2.05) is 18.2 Å². The summed E-state index contributed by atoms with van der Waals surface area (Å²) in [6, 6.07) is 12.4. The van der Waals surface area contributed by atoms with Crippen molar-refractivity contribution < 1.29 is 4.74 Å². The number of aromatic nitrogens is 1. The predicted molar refractivity (Wildman–Crippen MR) is 110 cm³/mol. The molecule has 0 saturated heterocycles. The summed E-state index contributed by atoms with van der Waals surface area (Å²) in [6.07, 6.45) is 5.01. The number of allylic oxidation sites excluding steroid dienone is 1. The van der Waals surface area contributed by atoms with Crippen molar-refractivity contribution in [2.24, 2.45) is 0 Å². The van der Waals surface area contributed by atoms with Crippen LogP contribution >= 0.6 is 0 Å². The lowest BCUT2D eigenvalue weighted by Gasteiger charge is -2.29. The monoisotopic (exact) mass is 374 g/mol. The molecule has 0 amide bonds. The van der Waals surface area contributed by atoms with Crippen LogP contribution in [0, 0.1) is 11.3 Å². The number of fused-ring (bicyclic) bond motifs is 2. The van der Waals surface area contributed by atoms with Gasteiger partial charge in [-0.1, -0.05) is 18.7 Å². The van der Waals surface area contributed by atoms with Gasteiger partial charge in [0.25, 0.3) is 0 Å². The maximum absolute atomic E-state index is 9.24. The van der Waals surface area contributed by atoms with Crippen LogP contribution in [0.4, 0.5) is 5.82 Å². The molecule has 0 unspecified atom stereocenters. The number of aryl methyl sites for hydroxylation is 1. The molecule has 0 atom stereocenters. The van der Waals surface area contributed by atoms with Gasteiger partial charge in [0.15, 0.2) is 0 Å². The zero-order chi connectivity index (χ0) is 19.3. The summed E-state index contributed by atoms with van der Waals surface area (Å²) in [7, 11) is 0. The number of rotatable bonds is 6. The second kappa shape index (κ2) is 8.45. The van der Waals surface area contributed by atoms with Gasteiger partial charge in [-0.2, -0.15) is 10.2 Å². The Morgan fingerprint density at radius 1 is 1.14 bits per heavy atom. The molecular weight excluding hydrogens is 348 g/mol. The molecule has 0 fully saturated rings. The molecule has 28 heavy (non-hydrogen) atoms. The molecule has 0 aliphatic carbocycles. The first-order valence-electron chi connectivity index (χ1n) is 10.0. The zero-order valence-electron chi connectivity index (χ0n) is 16.2. The van der Waals surface area contributed by atoms with Crippen molar-refractivity contribution in [2.45, 2.75) is 38.6 Å². The summed E-state index contributed by atoms with van der Waals surface area (Å²) in [6.45, 7) is 7.68. The molecule has 0 spiro atoms. The maximum atomic E-state index is 9.24. The van der Waals surface area contributed by atoms with E-state index in [2.05, 4.69) is 40.0 Å². The molecule has 0 saturated carbocycles. The second-order valence-corrected chi connectivity index (χ2v) is 7.52. The Bertz CT molecular complexity index is 915. The van der Waals surface area contributed by atoms with Crippen molar-refractivity contribution in [3.63, 3.8) is 0 Å². The highest BCUT2D eigenvalue weighted by molar-refractivity contribution is 5.53. The van der Waals surface area contributed by atoms with E-state index in [9.17, 15) is 5.26 Å². The SMILES string of the molecule is C=C1CCc2ccc(OCCCCN3CCc4c(C#N)cccc4C3)nc2N1. The summed E-state index contributed by atoms with van der Waals surface area (Å²) in [5.41, 5.74) is 5.61. The highest BCUT2D eigenvalue weighted by Gasteiger charge is 2.18. The van der Waals surface area contributed by atoms with E-state index in [1.54, 1.807) is 0 Å². The Morgan fingerprint density at radius 3 is 2.96 bits per heavy atom. The number of pyridine rings is 1. The van der Waals surface area contributed by atoms with Gasteiger partial charge in [0.1, 0.15) is 5.82 Å². The van der Waals surface area contributed by atoms with E-state index in [-0.39, 0.29) is 0 Å². The number of benzene rings is 1. The number of ether oxygens (including phenoxy) is 1. The second-order valence-electron chi connectivity index (χ2n) is 7.52. The lowest BCUT2D eigenvalue weighted by molar-refractivity contribution is 0.233. The van der Waals surface area contributed by atoms with Gasteiger partial charge in [-0.05, 0) is 67.5 Å². The van der Waals surface area contributed by atoms with Gasteiger partial charge in [-0.15, -0.1) is 0 Å². The molecule has 2 aliphatic rings. The van der Waals surface area contributed by atoms with Crippen LogP contribution in [-0.2, 0) is 19.4 Å². The molecule has 144 valence electrons. The lowest BCUT2D eigenvalue weighted by Crippen LogP contribution is -2.32. The van der Waals surface area contributed by atoms with Gasteiger partial charge >= 0.3 is 0 Å². The summed E-state index contributed by atoms with van der Waals surface area (Å²) >= 11 is 0. The van der Waals surface area contributed by atoms with Crippen LogP contribution in [0.3, 0.4) is 0 Å². The van der Waals surface area contributed by atoms with Crippen molar-refractivity contribution >= 4 is 5.82 Å². The standard InChI is InChI=1S/C23H26N4O/c1-17-7-8-18-9-10-22(26-23(18)25-17)28-14-3-2-12-27-13-11-21-19(15-24)5-4-6-20(21)16-27/h4-6,9-10H,1-3,7-8,11-14,16H2,(H,25,26). The van der Waals surface area contributed by atoms with Gasteiger partial charge in [-0.25, -0.2) is 0 Å². The van der Waals surface area contributed by atoms with Gasteiger partial charge in [0.2, 0.25) is 5.88 Å². The normalized spacial score (nSPS) is 15.9. The fourth-order valence-electron chi connectivity index (χ4n) is 3.95. The number of hydrogen-bond acceptors (Lipinski definition) is 5. The first kappa shape index (κ1) is 18.5. The van der Waals surface area contributed by atoms with Gasteiger partial charge < -0.3 is 10.1 Å². The number of unbranched alkanes of at least 4 members (excludes halogenated alkanes) is 1. The van der Waals surface area contributed by atoms with Crippen LogP contribution in [0.15, 0.2) is 42.6 Å². The molecule has 2 aromatic rings. The maximum Gasteiger partial charge on any atom is 0.215 e. The van der Waals surface area contributed by atoms with Crippen LogP contribution in [0.25, 0.3) is 0 Å². The Labute approximate surface area is 166 Å². The highest BCUT2D eigenvalue weighted by atomic mass is 16.5. The Hall–Kier alpha value is -2.84. The van der Waals surface area contributed by atoms with E-state index < -0.39 is 0 Å². The topological polar surface area (TPSA) is 61.2 Å². The lowest BCUT2D eigenvalue weighted by atomic mass is 9.95. The van der Waals surface area contributed by atoms with Crippen LogP contribution in [0.2, 0.25) is 0 Å². The molecule has 1 N–H and O–H groups in total. The fraction of sp³-hybridized carbons (Fsp3) is 0.391. The third-order valence-electron chi connectivity index (χ3n) is 5.53. The quantitative estimate of drug-likeness (QED) is 0.773. The number of anilines is 1. The summed E-state index contributed by atoms with van der Waals surface area (Å²) in [4.78, 5) is 7.03. The highest BCUT2D eigenvalue weighted by Crippen LogP contribution is 2.26. The molecule has 1 aromatic carbocycles. The number of hydrogen-bond donors (Lipinski definition) is 1. The van der Waals surface area contributed by atoms with Crippen LogP contribution in [-0.4, -0.2) is 29.6 Å². The molecule has 5 heteroatoms. The van der Waals surface area contributed by atoms with Crippen molar-refractivity contribution in [3.8, 4) is 11.9 Å². The minimum absolute atomic E-state index is 0.676. The minimum atomic E-state index is 0.676. The Balaban J connectivity index is 1.21. The third-order valence-corrected chi connectivity index (χ3v) is 5.53. The van der Waals surface area contributed by atoms with Crippen LogP contribution < -0.4 is 10.1 Å². The van der Waals surface area contributed by atoms with Crippen molar-refractivity contribution in [2.75, 3.05) is 25.0 Å². The van der Waals surface area contributed by atoms with E-state index in [4.69, 9.17) is 4.74 Å². The van der Waals surface area contributed by atoms with Crippen molar-refractivity contribution in [3.05, 3.63) is 64.9 Å². The average molecular weight is 374 g/mol. The molecule has 4 rings (SSSR count). The summed E-state index contributed by atoms with van der Waals surface area (Å²) < 4.78 is 5.85. The predicted octanol–water partition coefficient (Wildman–Crippen LogP) is 4.04. The third kappa shape index (κ3) is 4.18. The molecular formula is C23H26N4O. The molecule has 3 heterocycles. The molecule has 1 aromatic heterocycles. The Kier molecular flexibility index (Phi) is 5.59. The summed E-state index contributed by atoms with van der Waals surface area (Å²) in [5.74, 6) is 1.56. The largest absolute Gasteiger partial charge is 0.478 e. The number of nitrogens with zero attached hydrogens (tertiary/aromatic N) is 3. The molecule has 5 nitrogen and oxygen atoms in total. The van der Waals surface area contributed by atoms with Crippen molar-refractivity contribution in [1.82, 2.24) is 9.88 Å². The number of nitrogens with one attached hydrogen (secondary N) is 1. The van der Waals surface area contributed by atoms with E-state index in [0.29, 0.717) is 12.5 Å². The van der Waals surface area contributed by atoms with Crippen LogP contribution in [0.5, 0.6) is 5.88 Å². The van der Waals surface area contributed by atoms with Gasteiger partial charge in [-0.3, -0.25) is 4.90 Å². The molecule has 0 radical (unpaired) electrons. The van der Waals surface area contributed by atoms with E-state index in [0.717, 1.165) is 68.8 Å². The smallest absolute Gasteiger partial charge is 0.215 e. The first-order chi connectivity index (χ1) is 13.7. The molecule has 2 aliphatic heterocycles. The van der Waals surface area contributed by atoms with E-state index in [1.165, 1.54) is 16.7 Å². The number of nitriles is 1. The van der Waals surface area contributed by atoms with Crippen molar-refractivity contribution in [1.29, 1.82) is 5.26 Å². The van der Waals surface area contributed by atoms with Crippen LogP contribution in [0.1, 0.15) is 41.5 Å². The summed E-state index contributed by atoms with van der Waals surface area (Å²) in [5, 5.41) is 12.5. The zero-order valence-corrected chi connectivity index (χ0v) is 16.2. The average Bonchev–Trinajstić information content (AvgIpc) is 2.72. The minimum Gasteiger partial charge on any atom is -0.478 e. The van der Waals surface area contributed by atoms with Gasteiger partial charge in [0, 0.05) is 24.9 Å². The van der Waals surface area contributed by atoms with E-state index >= 15 is 0 Å². The van der Waals surface area contributed by atoms with Gasteiger partial charge in [0.05, 0.1) is 18.2 Å². The first-order valence-corrected chi connectivity index (χ1v) is 10.0. The fourth-order valence-corrected chi connectivity index (χ4v) is 3.95.